The van der Waals surface area contributed by atoms with Gasteiger partial charge in [0.1, 0.15) is 5.75 Å². The SMILES string of the molecule is CCSc1cc(C(=O)Nc2ccc(NS(=O)(=O)CC)c(OC)c2)ccn1. The summed E-state index contributed by atoms with van der Waals surface area (Å²) in [5.41, 5.74) is 1.30. The summed E-state index contributed by atoms with van der Waals surface area (Å²) >= 11 is 1.55. The first-order valence-corrected chi connectivity index (χ1v) is 10.6. The van der Waals surface area contributed by atoms with Gasteiger partial charge in [0.05, 0.1) is 23.6 Å². The molecule has 0 aliphatic carbocycles. The predicted octanol–water partition coefficient (Wildman–Crippen LogP) is 3.22. The van der Waals surface area contributed by atoms with Gasteiger partial charge < -0.3 is 10.1 Å². The number of aromatic nitrogens is 1. The second-order valence-electron chi connectivity index (χ2n) is 5.19. The van der Waals surface area contributed by atoms with E-state index in [9.17, 15) is 13.2 Å². The number of anilines is 2. The van der Waals surface area contributed by atoms with E-state index < -0.39 is 10.0 Å². The lowest BCUT2D eigenvalue weighted by molar-refractivity contribution is 0.102. The van der Waals surface area contributed by atoms with E-state index in [1.54, 1.807) is 55.2 Å². The molecule has 1 amide bonds. The Hall–Kier alpha value is -2.26. The van der Waals surface area contributed by atoms with E-state index in [0.29, 0.717) is 22.7 Å². The van der Waals surface area contributed by atoms with Crippen LogP contribution in [0.2, 0.25) is 0 Å². The van der Waals surface area contributed by atoms with Crippen LogP contribution in [0.4, 0.5) is 11.4 Å². The molecule has 9 heteroatoms. The van der Waals surface area contributed by atoms with E-state index in [1.165, 1.54) is 7.11 Å². The van der Waals surface area contributed by atoms with E-state index in [0.717, 1.165) is 10.8 Å². The van der Waals surface area contributed by atoms with Crippen molar-refractivity contribution in [1.82, 2.24) is 4.98 Å². The summed E-state index contributed by atoms with van der Waals surface area (Å²) in [7, 11) is -1.99. The van der Waals surface area contributed by atoms with Crippen LogP contribution in [0.25, 0.3) is 0 Å². The fourth-order valence-corrected chi connectivity index (χ4v) is 3.36. The zero-order valence-electron chi connectivity index (χ0n) is 14.8. The lowest BCUT2D eigenvalue weighted by atomic mass is 10.2. The molecule has 0 saturated carbocycles. The predicted molar refractivity (Wildman–Crippen MR) is 105 cm³/mol. The molecule has 0 fully saturated rings. The summed E-state index contributed by atoms with van der Waals surface area (Å²) < 4.78 is 31.1. The standard InChI is InChI=1S/C17H21N3O4S2/c1-4-25-16-10-12(8-9-18-16)17(21)19-13-6-7-14(15(11-13)24-3)20-26(22,23)5-2/h6-11,20H,4-5H2,1-3H3,(H,19,21). The van der Waals surface area contributed by atoms with Crippen molar-refractivity contribution in [2.75, 3.05) is 28.7 Å². The van der Waals surface area contributed by atoms with Gasteiger partial charge in [0.15, 0.2) is 0 Å². The Morgan fingerprint density at radius 3 is 2.65 bits per heavy atom. The van der Waals surface area contributed by atoms with Crippen LogP contribution in [0.15, 0.2) is 41.6 Å². The number of pyridine rings is 1. The lowest BCUT2D eigenvalue weighted by Crippen LogP contribution is -2.16. The van der Waals surface area contributed by atoms with E-state index >= 15 is 0 Å². The third kappa shape index (κ3) is 5.37. The first-order chi connectivity index (χ1) is 12.4. The Morgan fingerprint density at radius 1 is 1.23 bits per heavy atom. The van der Waals surface area contributed by atoms with Crippen molar-refractivity contribution < 1.29 is 17.9 Å². The number of hydrogen-bond donors (Lipinski definition) is 2. The molecule has 0 aliphatic heterocycles. The van der Waals surface area contributed by atoms with Crippen LogP contribution in [0.3, 0.4) is 0 Å². The van der Waals surface area contributed by atoms with Crippen molar-refractivity contribution >= 4 is 39.1 Å². The third-order valence-electron chi connectivity index (χ3n) is 3.39. The Bertz CT molecular complexity index is 885. The maximum atomic E-state index is 12.4. The highest BCUT2D eigenvalue weighted by molar-refractivity contribution is 7.99. The molecule has 0 atom stereocenters. The summed E-state index contributed by atoms with van der Waals surface area (Å²) in [5, 5.41) is 3.55. The molecule has 2 N–H and O–H groups in total. The van der Waals surface area contributed by atoms with Gasteiger partial charge in [0, 0.05) is 23.5 Å². The van der Waals surface area contributed by atoms with Crippen LogP contribution in [-0.2, 0) is 10.0 Å². The van der Waals surface area contributed by atoms with Gasteiger partial charge in [-0.2, -0.15) is 0 Å². The average Bonchev–Trinajstić information content (AvgIpc) is 2.63. The highest BCUT2D eigenvalue weighted by Gasteiger charge is 2.13. The average molecular weight is 396 g/mol. The quantitative estimate of drug-likeness (QED) is 0.666. The van der Waals surface area contributed by atoms with Crippen molar-refractivity contribution in [2.45, 2.75) is 18.9 Å². The van der Waals surface area contributed by atoms with E-state index in [-0.39, 0.29) is 11.7 Å². The Labute approximate surface area is 157 Å². The molecule has 1 aromatic heterocycles. The first-order valence-electron chi connectivity index (χ1n) is 7.97. The molecule has 2 aromatic rings. The molecule has 7 nitrogen and oxygen atoms in total. The fourth-order valence-electron chi connectivity index (χ4n) is 2.07. The van der Waals surface area contributed by atoms with Gasteiger partial charge >= 0.3 is 0 Å². The number of thioether (sulfide) groups is 1. The normalized spacial score (nSPS) is 11.0. The maximum Gasteiger partial charge on any atom is 0.255 e. The summed E-state index contributed by atoms with van der Waals surface area (Å²) in [6.07, 6.45) is 1.59. The molecule has 0 unspecified atom stereocenters. The summed E-state index contributed by atoms with van der Waals surface area (Å²) in [6, 6.07) is 8.08. The van der Waals surface area contributed by atoms with Gasteiger partial charge in [-0.15, -0.1) is 11.8 Å². The number of ether oxygens (including phenoxy) is 1. The first kappa shape index (κ1) is 20.1. The number of amides is 1. The van der Waals surface area contributed by atoms with Crippen molar-refractivity contribution in [2.24, 2.45) is 0 Å². The van der Waals surface area contributed by atoms with Gasteiger partial charge in [0.2, 0.25) is 10.0 Å². The Morgan fingerprint density at radius 2 is 2.00 bits per heavy atom. The number of hydrogen-bond acceptors (Lipinski definition) is 6. The molecule has 0 radical (unpaired) electrons. The van der Waals surface area contributed by atoms with Gasteiger partial charge in [-0.3, -0.25) is 9.52 Å². The van der Waals surface area contributed by atoms with Crippen LogP contribution in [0.1, 0.15) is 24.2 Å². The number of rotatable bonds is 8. The minimum atomic E-state index is -3.42. The molecule has 0 aliphatic rings. The monoisotopic (exact) mass is 395 g/mol. The van der Waals surface area contributed by atoms with Crippen LogP contribution >= 0.6 is 11.8 Å². The molecular formula is C17H21N3O4S2. The van der Waals surface area contributed by atoms with Crippen LogP contribution in [0.5, 0.6) is 5.75 Å². The Kier molecular flexibility index (Phi) is 6.87. The van der Waals surface area contributed by atoms with E-state index in [2.05, 4.69) is 15.0 Å². The van der Waals surface area contributed by atoms with E-state index in [4.69, 9.17) is 4.74 Å². The van der Waals surface area contributed by atoms with Gasteiger partial charge in [-0.25, -0.2) is 13.4 Å². The topological polar surface area (TPSA) is 97.4 Å². The second-order valence-corrected chi connectivity index (χ2v) is 8.49. The number of nitrogens with zero attached hydrogens (tertiary/aromatic N) is 1. The molecule has 2 rings (SSSR count). The van der Waals surface area contributed by atoms with E-state index in [1.807, 2.05) is 6.92 Å². The summed E-state index contributed by atoms with van der Waals surface area (Å²) in [5.74, 6) is 0.852. The van der Waals surface area contributed by atoms with Gasteiger partial charge in [-0.1, -0.05) is 6.92 Å². The number of carbonyl (C=O) groups excluding carboxylic acids is 1. The highest BCUT2D eigenvalue weighted by Crippen LogP contribution is 2.29. The smallest absolute Gasteiger partial charge is 0.255 e. The van der Waals surface area contributed by atoms with Crippen molar-refractivity contribution in [1.29, 1.82) is 0 Å². The van der Waals surface area contributed by atoms with Crippen molar-refractivity contribution in [3.05, 3.63) is 42.1 Å². The van der Waals surface area contributed by atoms with Crippen LogP contribution in [-0.4, -0.2) is 37.9 Å². The molecule has 140 valence electrons. The summed E-state index contributed by atoms with van der Waals surface area (Å²) in [6.45, 7) is 3.56. The number of sulfonamides is 1. The zero-order valence-corrected chi connectivity index (χ0v) is 16.4. The molecular weight excluding hydrogens is 374 g/mol. The maximum absolute atomic E-state index is 12.4. The molecule has 1 aromatic carbocycles. The van der Waals surface area contributed by atoms with Crippen LogP contribution < -0.4 is 14.8 Å². The zero-order chi connectivity index (χ0) is 19.2. The number of benzene rings is 1. The second kappa shape index (κ2) is 8.91. The third-order valence-corrected chi connectivity index (χ3v) is 5.49. The molecule has 0 saturated heterocycles. The highest BCUT2D eigenvalue weighted by atomic mass is 32.2. The minimum Gasteiger partial charge on any atom is -0.494 e. The summed E-state index contributed by atoms with van der Waals surface area (Å²) in [4.78, 5) is 16.6. The van der Waals surface area contributed by atoms with Crippen LogP contribution in [0, 0.1) is 0 Å². The largest absolute Gasteiger partial charge is 0.494 e. The van der Waals surface area contributed by atoms with Crippen molar-refractivity contribution in [3.8, 4) is 5.75 Å². The molecule has 1 heterocycles. The van der Waals surface area contributed by atoms with Gasteiger partial charge in [0.25, 0.3) is 5.91 Å². The number of carbonyl (C=O) groups is 1. The number of nitrogens with one attached hydrogen (secondary N) is 2. The van der Waals surface area contributed by atoms with Gasteiger partial charge in [-0.05, 0) is 36.9 Å². The minimum absolute atomic E-state index is 0.0468. The lowest BCUT2D eigenvalue weighted by Gasteiger charge is -2.13. The molecule has 0 spiro atoms. The van der Waals surface area contributed by atoms with Crippen molar-refractivity contribution in [3.63, 3.8) is 0 Å². The fraction of sp³-hybridized carbons (Fsp3) is 0.294. The Balaban J connectivity index is 2.19. The molecule has 26 heavy (non-hydrogen) atoms. The molecule has 0 bridgehead atoms. The number of methoxy groups -OCH3 is 1.